The number of carbonyl (C=O) groups is 1. The third kappa shape index (κ3) is 1.27. The Morgan fingerprint density at radius 3 is 2.41 bits per heavy atom. The highest BCUT2D eigenvalue weighted by atomic mass is 16.7. The van der Waals surface area contributed by atoms with Gasteiger partial charge in [-0.25, -0.2) is 0 Å². The van der Waals surface area contributed by atoms with Gasteiger partial charge in [0.15, 0.2) is 5.79 Å². The highest BCUT2D eigenvalue weighted by molar-refractivity contribution is 5.87. The van der Waals surface area contributed by atoms with E-state index in [2.05, 4.69) is 20.8 Å². The zero-order valence-electron chi connectivity index (χ0n) is 11.0. The van der Waals surface area contributed by atoms with E-state index in [4.69, 9.17) is 9.47 Å². The van der Waals surface area contributed by atoms with E-state index in [1.807, 2.05) is 0 Å². The van der Waals surface area contributed by atoms with Gasteiger partial charge in [0.2, 0.25) is 0 Å². The number of fused-ring (bicyclic) bond motifs is 1. The lowest BCUT2D eigenvalue weighted by Crippen LogP contribution is -2.58. The van der Waals surface area contributed by atoms with Crippen LogP contribution in [0, 0.1) is 16.7 Å². The minimum atomic E-state index is -0.429. The molecule has 3 rings (SSSR count). The Kier molecular flexibility index (Phi) is 2.28. The first-order chi connectivity index (χ1) is 7.92. The summed E-state index contributed by atoms with van der Waals surface area (Å²) in [6, 6.07) is 0. The molecule has 0 N–H and O–H groups in total. The molecule has 2 saturated carbocycles. The number of hydrogen-bond donors (Lipinski definition) is 0. The molecule has 0 unspecified atom stereocenters. The van der Waals surface area contributed by atoms with Crippen molar-refractivity contribution in [3.05, 3.63) is 0 Å². The van der Waals surface area contributed by atoms with Gasteiger partial charge in [0.25, 0.3) is 0 Å². The molecule has 3 heteroatoms. The van der Waals surface area contributed by atoms with Crippen LogP contribution in [0.5, 0.6) is 0 Å². The van der Waals surface area contributed by atoms with Gasteiger partial charge in [0, 0.05) is 23.7 Å². The van der Waals surface area contributed by atoms with Crippen LogP contribution in [-0.4, -0.2) is 24.8 Å². The standard InChI is InChI=1S/C14H22O3/c1-12(2)10-4-5-11(15)13(10,3)6-7-14(12)16-8-9-17-14/h10H,4-9H2,1-3H3/t10-,13+/m0/s1. The van der Waals surface area contributed by atoms with Gasteiger partial charge in [-0.05, 0) is 18.8 Å². The Morgan fingerprint density at radius 2 is 1.76 bits per heavy atom. The fourth-order valence-corrected chi connectivity index (χ4v) is 4.53. The molecule has 3 fully saturated rings. The van der Waals surface area contributed by atoms with Crippen molar-refractivity contribution >= 4 is 5.78 Å². The van der Waals surface area contributed by atoms with Gasteiger partial charge in [-0.3, -0.25) is 4.79 Å². The average Bonchev–Trinajstić information content (AvgIpc) is 2.84. The van der Waals surface area contributed by atoms with Gasteiger partial charge in [0.1, 0.15) is 5.78 Å². The molecule has 0 aromatic rings. The summed E-state index contributed by atoms with van der Waals surface area (Å²) in [5.41, 5.74) is -0.202. The minimum Gasteiger partial charge on any atom is -0.347 e. The molecule has 1 aliphatic heterocycles. The van der Waals surface area contributed by atoms with Crippen LogP contribution in [0.4, 0.5) is 0 Å². The number of hydrogen-bond acceptors (Lipinski definition) is 3. The number of rotatable bonds is 0. The smallest absolute Gasteiger partial charge is 0.173 e. The fourth-order valence-electron chi connectivity index (χ4n) is 4.53. The second-order valence-electron chi connectivity index (χ2n) is 6.60. The molecule has 2 aliphatic carbocycles. The van der Waals surface area contributed by atoms with Crippen LogP contribution < -0.4 is 0 Å². The summed E-state index contributed by atoms with van der Waals surface area (Å²) in [7, 11) is 0. The van der Waals surface area contributed by atoms with Crippen LogP contribution in [-0.2, 0) is 14.3 Å². The van der Waals surface area contributed by atoms with Crippen LogP contribution >= 0.6 is 0 Å². The number of Topliss-reactive ketones (excluding diaryl/α,β-unsaturated/α-hetero) is 1. The quantitative estimate of drug-likeness (QED) is 0.650. The largest absolute Gasteiger partial charge is 0.347 e. The summed E-state index contributed by atoms with van der Waals surface area (Å²) < 4.78 is 11.9. The van der Waals surface area contributed by atoms with Gasteiger partial charge >= 0.3 is 0 Å². The van der Waals surface area contributed by atoms with Crippen LogP contribution in [0.3, 0.4) is 0 Å². The molecule has 96 valence electrons. The van der Waals surface area contributed by atoms with E-state index >= 15 is 0 Å². The topological polar surface area (TPSA) is 35.5 Å². The summed E-state index contributed by atoms with van der Waals surface area (Å²) >= 11 is 0. The zero-order chi connectivity index (χ0) is 12.3. The van der Waals surface area contributed by atoms with Crippen molar-refractivity contribution in [2.75, 3.05) is 13.2 Å². The second-order valence-corrected chi connectivity index (χ2v) is 6.60. The first-order valence-corrected chi connectivity index (χ1v) is 6.74. The molecule has 1 heterocycles. The first kappa shape index (κ1) is 11.7. The lowest BCUT2D eigenvalue weighted by molar-refractivity contribution is -0.276. The molecule has 1 saturated heterocycles. The van der Waals surface area contributed by atoms with Crippen LogP contribution in [0.15, 0.2) is 0 Å². The maximum absolute atomic E-state index is 12.1. The van der Waals surface area contributed by atoms with Gasteiger partial charge in [0.05, 0.1) is 13.2 Å². The van der Waals surface area contributed by atoms with Crippen molar-refractivity contribution in [1.29, 1.82) is 0 Å². The predicted molar refractivity (Wildman–Crippen MR) is 63.5 cm³/mol. The molecule has 1 spiro atoms. The lowest BCUT2D eigenvalue weighted by atomic mass is 9.55. The summed E-state index contributed by atoms with van der Waals surface area (Å²) in [5, 5.41) is 0. The van der Waals surface area contributed by atoms with Crippen LogP contribution in [0.1, 0.15) is 46.5 Å². The maximum Gasteiger partial charge on any atom is 0.173 e. The van der Waals surface area contributed by atoms with E-state index in [1.165, 1.54) is 0 Å². The first-order valence-electron chi connectivity index (χ1n) is 6.74. The molecule has 0 aromatic heterocycles. The Morgan fingerprint density at radius 1 is 1.12 bits per heavy atom. The zero-order valence-corrected chi connectivity index (χ0v) is 11.0. The molecular formula is C14H22O3. The average molecular weight is 238 g/mol. The summed E-state index contributed by atoms with van der Waals surface area (Å²) in [5.74, 6) is 0.416. The molecule has 3 nitrogen and oxygen atoms in total. The molecule has 2 atom stereocenters. The Labute approximate surface area is 103 Å². The molecule has 0 bridgehead atoms. The van der Waals surface area contributed by atoms with Gasteiger partial charge in [-0.15, -0.1) is 0 Å². The van der Waals surface area contributed by atoms with Crippen molar-refractivity contribution in [3.8, 4) is 0 Å². The summed E-state index contributed by atoms with van der Waals surface area (Å²) in [4.78, 5) is 12.1. The normalized spacial score (nSPS) is 43.0. The molecule has 3 aliphatic rings. The van der Waals surface area contributed by atoms with E-state index in [-0.39, 0.29) is 10.8 Å². The molecule has 17 heavy (non-hydrogen) atoms. The van der Waals surface area contributed by atoms with Crippen molar-refractivity contribution in [2.45, 2.75) is 52.2 Å². The van der Waals surface area contributed by atoms with Crippen molar-refractivity contribution < 1.29 is 14.3 Å². The Balaban J connectivity index is 2.00. The fraction of sp³-hybridized carbons (Fsp3) is 0.929. The molecule has 0 radical (unpaired) electrons. The molecular weight excluding hydrogens is 216 g/mol. The SMILES string of the molecule is CC1(C)[C@@H]2CCC(=O)[C@]2(C)CCC12OCCO2. The van der Waals surface area contributed by atoms with E-state index in [0.717, 1.165) is 25.7 Å². The monoisotopic (exact) mass is 238 g/mol. The van der Waals surface area contributed by atoms with Crippen LogP contribution in [0.2, 0.25) is 0 Å². The Hall–Kier alpha value is -0.410. The van der Waals surface area contributed by atoms with Crippen molar-refractivity contribution in [1.82, 2.24) is 0 Å². The minimum absolute atomic E-state index is 0.0668. The highest BCUT2D eigenvalue weighted by Gasteiger charge is 2.65. The van der Waals surface area contributed by atoms with Crippen molar-refractivity contribution in [2.24, 2.45) is 16.7 Å². The summed E-state index contributed by atoms with van der Waals surface area (Å²) in [6.45, 7) is 7.98. The van der Waals surface area contributed by atoms with E-state index in [1.54, 1.807) is 0 Å². The van der Waals surface area contributed by atoms with E-state index < -0.39 is 5.79 Å². The van der Waals surface area contributed by atoms with Gasteiger partial charge in [-0.2, -0.15) is 0 Å². The maximum atomic E-state index is 12.1. The van der Waals surface area contributed by atoms with Gasteiger partial charge in [-0.1, -0.05) is 20.8 Å². The van der Waals surface area contributed by atoms with E-state index in [0.29, 0.717) is 24.9 Å². The second kappa shape index (κ2) is 3.33. The van der Waals surface area contributed by atoms with E-state index in [9.17, 15) is 4.79 Å². The predicted octanol–water partition coefficient (Wildman–Crippen LogP) is 2.53. The number of ketones is 1. The molecule has 0 aromatic carbocycles. The Bertz CT molecular complexity index is 354. The summed E-state index contributed by atoms with van der Waals surface area (Å²) in [6.07, 6.45) is 3.51. The van der Waals surface area contributed by atoms with Gasteiger partial charge < -0.3 is 9.47 Å². The van der Waals surface area contributed by atoms with Crippen molar-refractivity contribution in [3.63, 3.8) is 0 Å². The lowest BCUT2D eigenvalue weighted by Gasteiger charge is -2.55. The third-order valence-corrected chi connectivity index (χ3v) is 5.65. The number of ether oxygens (including phenoxy) is 2. The van der Waals surface area contributed by atoms with Crippen LogP contribution in [0.25, 0.3) is 0 Å². The molecule has 0 amide bonds. The highest BCUT2D eigenvalue weighted by Crippen LogP contribution is 2.63. The third-order valence-electron chi connectivity index (χ3n) is 5.65. The number of carbonyl (C=O) groups excluding carboxylic acids is 1.